The summed E-state index contributed by atoms with van der Waals surface area (Å²) in [5, 5.41) is 33.3. The molecule has 5 heteroatoms. The zero-order chi connectivity index (χ0) is 7.02. The first-order valence-corrected chi connectivity index (χ1v) is 4.48. The van der Waals surface area contributed by atoms with Crippen LogP contribution in [-0.2, 0) is 0 Å². The van der Waals surface area contributed by atoms with Crippen LogP contribution < -0.4 is 0 Å². The Labute approximate surface area is 58.3 Å². The van der Waals surface area contributed by atoms with E-state index < -0.39 is 37.2 Å². The minimum atomic E-state index is -1.15. The molecular formula is C4H8O4Se. The van der Waals surface area contributed by atoms with Crippen LogP contribution in [0.4, 0.5) is 0 Å². The van der Waals surface area contributed by atoms with Crippen LogP contribution in [0, 0.1) is 0 Å². The second-order valence-electron chi connectivity index (χ2n) is 1.90. The van der Waals surface area contributed by atoms with Crippen molar-refractivity contribution in [1.29, 1.82) is 0 Å². The number of aliphatic hydroxyl groups is 4. The summed E-state index contributed by atoms with van der Waals surface area (Å²) in [6, 6.07) is 0. The van der Waals surface area contributed by atoms with E-state index in [1.54, 1.807) is 0 Å². The van der Waals surface area contributed by atoms with E-state index in [2.05, 4.69) is 0 Å². The van der Waals surface area contributed by atoms with Gasteiger partial charge in [0.1, 0.15) is 0 Å². The Kier molecular flexibility index (Phi) is 2.10. The van der Waals surface area contributed by atoms with Gasteiger partial charge in [-0.05, 0) is 0 Å². The Hall–Kier alpha value is 0.359. The van der Waals surface area contributed by atoms with Crippen molar-refractivity contribution in [2.75, 3.05) is 0 Å². The number of aliphatic hydroxyl groups excluding tert-OH is 4. The molecule has 4 nitrogen and oxygen atoms in total. The molecule has 4 atom stereocenters. The average Bonchev–Trinajstić information content (AvgIpc) is 1.98. The van der Waals surface area contributed by atoms with Crippen LogP contribution in [0.2, 0.25) is 0 Å². The van der Waals surface area contributed by atoms with Gasteiger partial charge in [-0.2, -0.15) is 0 Å². The summed E-state index contributed by atoms with van der Waals surface area (Å²) in [6.45, 7) is 0. The van der Waals surface area contributed by atoms with E-state index in [1.165, 1.54) is 0 Å². The summed E-state index contributed by atoms with van der Waals surface area (Å²) in [5.74, 6) is 0. The van der Waals surface area contributed by atoms with Crippen molar-refractivity contribution in [2.24, 2.45) is 0 Å². The molecule has 0 aromatic heterocycles. The van der Waals surface area contributed by atoms with Gasteiger partial charge in [-0.3, -0.25) is 0 Å². The minimum absolute atomic E-state index is 0.459. The van der Waals surface area contributed by atoms with Gasteiger partial charge in [0.2, 0.25) is 0 Å². The first-order chi connectivity index (χ1) is 4.13. The van der Waals surface area contributed by atoms with Crippen LogP contribution in [-0.4, -0.2) is 57.6 Å². The quantitative estimate of drug-likeness (QED) is 0.315. The van der Waals surface area contributed by atoms with E-state index >= 15 is 0 Å². The molecule has 0 aliphatic carbocycles. The van der Waals surface area contributed by atoms with Crippen molar-refractivity contribution in [1.82, 2.24) is 0 Å². The van der Waals surface area contributed by atoms with Crippen molar-refractivity contribution in [3.05, 3.63) is 0 Å². The first kappa shape index (κ1) is 7.47. The van der Waals surface area contributed by atoms with Gasteiger partial charge in [-0.1, -0.05) is 0 Å². The monoisotopic (exact) mass is 200 g/mol. The molecule has 0 bridgehead atoms. The van der Waals surface area contributed by atoms with Gasteiger partial charge in [0, 0.05) is 0 Å². The Bertz CT molecular complexity index is 96.7. The molecule has 1 aliphatic rings. The van der Waals surface area contributed by atoms with Crippen LogP contribution >= 0.6 is 0 Å². The van der Waals surface area contributed by atoms with Gasteiger partial charge >= 0.3 is 57.6 Å². The fourth-order valence-corrected chi connectivity index (χ4v) is 2.59. The Morgan fingerprint density at radius 2 is 1.11 bits per heavy atom. The van der Waals surface area contributed by atoms with Crippen LogP contribution in [0.15, 0.2) is 0 Å². The maximum absolute atomic E-state index is 8.80. The molecule has 4 unspecified atom stereocenters. The van der Waals surface area contributed by atoms with E-state index in [0.29, 0.717) is 0 Å². The van der Waals surface area contributed by atoms with Crippen molar-refractivity contribution in [2.45, 2.75) is 22.2 Å². The van der Waals surface area contributed by atoms with Crippen LogP contribution in [0.25, 0.3) is 0 Å². The summed E-state index contributed by atoms with van der Waals surface area (Å²) < 4.78 is 0. The van der Waals surface area contributed by atoms with Gasteiger partial charge in [-0.15, -0.1) is 0 Å². The molecule has 0 spiro atoms. The van der Waals surface area contributed by atoms with Crippen LogP contribution in [0.5, 0.6) is 0 Å². The topological polar surface area (TPSA) is 80.9 Å². The average molecular weight is 199 g/mol. The molecule has 1 fully saturated rings. The maximum atomic E-state index is 8.80. The molecule has 0 saturated carbocycles. The number of rotatable bonds is 0. The third-order valence-corrected chi connectivity index (χ3v) is 3.55. The predicted octanol–water partition coefficient (Wildman–Crippen LogP) is -2.94. The van der Waals surface area contributed by atoms with Gasteiger partial charge in [-0.25, -0.2) is 0 Å². The van der Waals surface area contributed by atoms with Crippen molar-refractivity contribution >= 4 is 15.0 Å². The third kappa shape index (κ3) is 1.26. The zero-order valence-corrected chi connectivity index (χ0v) is 6.22. The van der Waals surface area contributed by atoms with Crippen LogP contribution in [0.3, 0.4) is 0 Å². The Balaban J connectivity index is 2.54. The summed E-state index contributed by atoms with van der Waals surface area (Å²) in [5.41, 5.74) is 0. The molecule has 54 valence electrons. The summed E-state index contributed by atoms with van der Waals surface area (Å²) >= 11 is -0.459. The van der Waals surface area contributed by atoms with Crippen LogP contribution in [0.1, 0.15) is 0 Å². The number of hydrogen-bond donors (Lipinski definition) is 4. The standard InChI is InChI=1S/C4H8O4Se/c5-1-2(6)4(8)9-3(1)7/h1-8H. The number of hydrogen-bond acceptors (Lipinski definition) is 4. The van der Waals surface area contributed by atoms with E-state index in [9.17, 15) is 0 Å². The van der Waals surface area contributed by atoms with E-state index in [-0.39, 0.29) is 0 Å². The van der Waals surface area contributed by atoms with E-state index in [4.69, 9.17) is 20.4 Å². The molecule has 4 N–H and O–H groups in total. The Morgan fingerprint density at radius 3 is 1.22 bits per heavy atom. The van der Waals surface area contributed by atoms with Gasteiger partial charge in [0.05, 0.1) is 0 Å². The molecule has 1 aliphatic heterocycles. The second-order valence-corrected chi connectivity index (χ2v) is 4.50. The molecule has 1 saturated heterocycles. The SMILES string of the molecule is OC1[Se]C(O)C(O)C1O. The molecule has 1 heterocycles. The molecule has 0 aromatic rings. The molecular weight excluding hydrogens is 191 g/mol. The van der Waals surface area contributed by atoms with Gasteiger partial charge in [0.15, 0.2) is 0 Å². The first-order valence-electron chi connectivity index (χ1n) is 2.50. The normalized spacial score (nSPS) is 52.0. The van der Waals surface area contributed by atoms with E-state index in [1.807, 2.05) is 0 Å². The fourth-order valence-electron chi connectivity index (χ4n) is 0.641. The summed E-state index contributed by atoms with van der Waals surface area (Å²) in [4.78, 5) is 0. The molecule has 0 amide bonds. The summed E-state index contributed by atoms with van der Waals surface area (Å²) in [6.07, 6.45) is -2.31. The van der Waals surface area contributed by atoms with Crippen molar-refractivity contribution < 1.29 is 20.4 Å². The molecule has 1 rings (SSSR count). The molecule has 0 aromatic carbocycles. The van der Waals surface area contributed by atoms with Gasteiger partial charge in [0.25, 0.3) is 0 Å². The van der Waals surface area contributed by atoms with Crippen molar-refractivity contribution in [3.63, 3.8) is 0 Å². The van der Waals surface area contributed by atoms with E-state index in [0.717, 1.165) is 0 Å². The van der Waals surface area contributed by atoms with Crippen molar-refractivity contribution in [3.8, 4) is 0 Å². The third-order valence-electron chi connectivity index (χ3n) is 1.21. The molecule has 0 radical (unpaired) electrons. The Morgan fingerprint density at radius 1 is 0.778 bits per heavy atom. The predicted molar refractivity (Wildman–Crippen MR) is 29.8 cm³/mol. The van der Waals surface area contributed by atoms with Gasteiger partial charge < -0.3 is 0 Å². The molecule has 9 heavy (non-hydrogen) atoms. The second kappa shape index (κ2) is 2.54. The zero-order valence-electron chi connectivity index (χ0n) is 4.51. The fraction of sp³-hybridized carbons (Fsp3) is 1.00. The summed E-state index contributed by atoms with van der Waals surface area (Å²) in [7, 11) is 0.